The van der Waals surface area contributed by atoms with Gasteiger partial charge in [-0.25, -0.2) is 29.3 Å². The number of rotatable bonds is 9. The summed E-state index contributed by atoms with van der Waals surface area (Å²) in [6, 6.07) is 0. The summed E-state index contributed by atoms with van der Waals surface area (Å²) >= 11 is 0. The Balaban J connectivity index is 0.775. The van der Waals surface area contributed by atoms with E-state index in [1.807, 2.05) is 41.5 Å². The van der Waals surface area contributed by atoms with E-state index in [-0.39, 0.29) is 52.8 Å². The van der Waals surface area contributed by atoms with Crippen LogP contribution in [-0.2, 0) is 86.3 Å². The van der Waals surface area contributed by atoms with Gasteiger partial charge in [0.05, 0.1) is 19.6 Å². The van der Waals surface area contributed by atoms with Crippen LogP contribution in [0.15, 0.2) is 0 Å². The zero-order chi connectivity index (χ0) is 49.8. The molecular formula is C52H77NO18. The van der Waals surface area contributed by atoms with Gasteiger partial charge in [0.2, 0.25) is 36.2 Å². The van der Waals surface area contributed by atoms with Gasteiger partial charge in [0.25, 0.3) is 0 Å². The second-order valence-electron chi connectivity index (χ2n) is 25.1. The standard InChI is InChI=1S/C52H77NO18/c1-26-11-14-34-29(4)40(60-43-50(34)32(26)17-19-47(8,63-43)66-69-50)57-37(54)23-53(24-38(55)58-41-30(5)35-15-12-27(2)33-18-20-48(9)64-44(61-41)51(33,35)70-67-48)25-39(56)59-42-31(6)36-16-13-28(3)46(7)21-22-49(10)65-45(62-42)52(36,46)71-68-49/h26-36,40-45H,11-25H2,1-10H3/t26-,27-,28-,29-,30-,31-,32+,33+,34+,35+,36+,40?,41?,42?,43-,44-,45-,46+,47-,48+,49-,50-,51-,52-/m1/s1. The van der Waals surface area contributed by atoms with Gasteiger partial charge in [-0.1, -0.05) is 48.5 Å². The Labute approximate surface area is 416 Å². The van der Waals surface area contributed by atoms with Crippen molar-refractivity contribution in [2.45, 2.75) is 218 Å². The molecule has 3 unspecified atom stereocenters. The van der Waals surface area contributed by atoms with Gasteiger partial charge in [0.1, 0.15) is 0 Å². The molecule has 0 N–H and O–H groups in total. The van der Waals surface area contributed by atoms with Gasteiger partial charge in [-0.3, -0.25) is 19.3 Å². The minimum absolute atomic E-state index is 0.0930. The predicted octanol–water partition coefficient (Wildman–Crippen LogP) is 6.93. The summed E-state index contributed by atoms with van der Waals surface area (Å²) in [6.07, 6.45) is 4.15. The zero-order valence-corrected chi connectivity index (χ0v) is 43.2. The molecule has 3 aliphatic carbocycles. The maximum Gasteiger partial charge on any atom is 0.322 e. The van der Waals surface area contributed by atoms with Gasteiger partial charge in [-0.15, -0.1) is 0 Å². The lowest BCUT2D eigenvalue weighted by Crippen LogP contribution is -2.73. The van der Waals surface area contributed by atoms with Crippen LogP contribution in [0, 0.1) is 70.5 Å². The van der Waals surface area contributed by atoms with E-state index in [0.717, 1.165) is 57.8 Å². The van der Waals surface area contributed by atoms with Gasteiger partial charge >= 0.3 is 17.9 Å². The number of fused-ring (bicyclic) bond motifs is 6. The van der Waals surface area contributed by atoms with E-state index in [1.165, 1.54) is 4.90 Å². The third kappa shape index (κ3) is 7.45. The molecule has 71 heavy (non-hydrogen) atoms. The predicted molar refractivity (Wildman–Crippen MR) is 240 cm³/mol. The van der Waals surface area contributed by atoms with Crippen molar-refractivity contribution < 1.29 is 86.3 Å². The van der Waals surface area contributed by atoms with E-state index in [0.29, 0.717) is 37.0 Å². The first-order chi connectivity index (χ1) is 33.6. The Morgan fingerprint density at radius 3 is 1.35 bits per heavy atom. The van der Waals surface area contributed by atoms with Crippen LogP contribution < -0.4 is 0 Å². The van der Waals surface area contributed by atoms with E-state index >= 15 is 0 Å². The number of hydrogen-bond donors (Lipinski definition) is 0. The van der Waals surface area contributed by atoms with Crippen LogP contribution in [0.5, 0.6) is 0 Å². The van der Waals surface area contributed by atoms with Crippen LogP contribution in [0.3, 0.4) is 0 Å². The fraction of sp³-hybridized carbons (Fsp3) is 0.942. The number of carbonyl (C=O) groups excluding carboxylic acids is 3. The SMILES string of the molecule is C[C@@H]1CC[C@H]2[C@@H](C)C(OC(=O)CN(CC(=O)OC3O[C@@H]4O[C@]5(C)CC[C@H]6[C@H](C)CC[C@@H]([C@H]3C)[C@@]46OO5)CC(=O)OC3O[C@@H]4O[C@@]5(C)CC[C@@]6(C)[C@H](C)CC[C@@H]([C@H]3C)[C@@]46OO5)O[C@@H]3O[C@@]4(C)CC[C@@H]1[C@]32OO4. The molecule has 12 heterocycles. The Morgan fingerprint density at radius 1 is 0.451 bits per heavy atom. The Kier molecular flexibility index (Phi) is 12.1. The average Bonchev–Trinajstić information content (AvgIpc) is 3.77. The molecular weight excluding hydrogens is 927 g/mol. The summed E-state index contributed by atoms with van der Waals surface area (Å²) in [5.41, 5.74) is -2.95. The topological polar surface area (TPSA) is 193 Å². The number of carbonyl (C=O) groups is 3. The molecule has 12 aliphatic heterocycles. The van der Waals surface area contributed by atoms with Crippen molar-refractivity contribution in [1.29, 1.82) is 0 Å². The van der Waals surface area contributed by atoms with Crippen molar-refractivity contribution >= 4 is 17.9 Å². The molecule has 15 rings (SSSR count). The molecule has 0 amide bonds. The maximum absolute atomic E-state index is 14.3. The van der Waals surface area contributed by atoms with E-state index in [1.54, 1.807) is 0 Å². The highest BCUT2D eigenvalue weighted by Crippen LogP contribution is 2.67. The van der Waals surface area contributed by atoms with Crippen molar-refractivity contribution in [2.24, 2.45) is 70.5 Å². The quantitative estimate of drug-likeness (QED) is 0.131. The fourth-order valence-corrected chi connectivity index (χ4v) is 16.5. The molecule has 24 atom stereocenters. The monoisotopic (exact) mass is 1000 g/mol. The van der Waals surface area contributed by atoms with E-state index in [9.17, 15) is 14.4 Å². The average molecular weight is 1000 g/mol. The lowest BCUT2D eigenvalue weighted by molar-refractivity contribution is -0.582. The Hall–Kier alpha value is -2.11. The Morgan fingerprint density at radius 2 is 0.859 bits per heavy atom. The van der Waals surface area contributed by atoms with Crippen molar-refractivity contribution in [3.8, 4) is 0 Å². The highest BCUT2D eigenvalue weighted by Gasteiger charge is 2.75. The van der Waals surface area contributed by atoms with Gasteiger partial charge in [0, 0.05) is 60.2 Å². The van der Waals surface area contributed by atoms with Gasteiger partial charge in [0.15, 0.2) is 35.7 Å². The van der Waals surface area contributed by atoms with Gasteiger partial charge in [-0.05, 0) is 108 Å². The molecule has 0 aromatic heterocycles. The summed E-state index contributed by atoms with van der Waals surface area (Å²) in [6.45, 7) is 19.0. The van der Waals surface area contributed by atoms with Crippen LogP contribution in [-0.4, -0.2) is 114 Å². The first kappa shape index (κ1) is 49.7. The zero-order valence-electron chi connectivity index (χ0n) is 43.2. The van der Waals surface area contributed by atoms with Crippen LogP contribution in [0.4, 0.5) is 0 Å². The molecule has 12 saturated heterocycles. The first-order valence-corrected chi connectivity index (χ1v) is 27.1. The van der Waals surface area contributed by atoms with E-state index in [2.05, 4.69) is 27.7 Å². The van der Waals surface area contributed by atoms with Crippen molar-refractivity contribution in [3.05, 3.63) is 0 Å². The number of hydrogen-bond acceptors (Lipinski definition) is 19. The fourth-order valence-electron chi connectivity index (χ4n) is 16.5. The molecule has 15 aliphatic rings. The van der Waals surface area contributed by atoms with Gasteiger partial charge < -0.3 is 42.6 Å². The summed E-state index contributed by atoms with van der Waals surface area (Å²) in [7, 11) is 0. The molecule has 19 heteroatoms. The van der Waals surface area contributed by atoms with Crippen molar-refractivity contribution in [2.75, 3.05) is 19.6 Å². The minimum Gasteiger partial charge on any atom is -0.434 e. The normalized spacial score (nSPS) is 55.4. The highest BCUT2D eigenvalue weighted by atomic mass is 17.3. The Bertz CT molecular complexity index is 2020. The van der Waals surface area contributed by atoms with E-state index < -0.39 is 109 Å². The molecule has 3 saturated carbocycles. The van der Waals surface area contributed by atoms with Crippen LogP contribution in [0.1, 0.15) is 146 Å². The third-order valence-electron chi connectivity index (χ3n) is 20.9. The summed E-state index contributed by atoms with van der Waals surface area (Å²) in [5, 5.41) is 0. The molecule has 398 valence electrons. The highest BCUT2D eigenvalue weighted by molar-refractivity contribution is 5.78. The largest absolute Gasteiger partial charge is 0.434 e. The molecule has 6 bridgehead atoms. The number of ether oxygens (including phenoxy) is 9. The van der Waals surface area contributed by atoms with Crippen molar-refractivity contribution in [3.63, 3.8) is 0 Å². The lowest BCUT2D eigenvalue weighted by Gasteiger charge is -2.63. The van der Waals surface area contributed by atoms with Crippen LogP contribution in [0.25, 0.3) is 0 Å². The maximum atomic E-state index is 14.3. The third-order valence-corrected chi connectivity index (χ3v) is 20.9. The van der Waals surface area contributed by atoms with Crippen LogP contribution >= 0.6 is 0 Å². The lowest BCUT2D eigenvalue weighted by atomic mass is 9.50. The molecule has 0 aromatic carbocycles. The van der Waals surface area contributed by atoms with E-state index in [4.69, 9.17) is 72.0 Å². The second-order valence-corrected chi connectivity index (χ2v) is 25.1. The smallest absolute Gasteiger partial charge is 0.322 e. The molecule has 19 nitrogen and oxygen atoms in total. The number of esters is 3. The summed E-state index contributed by atoms with van der Waals surface area (Å²) in [5.74, 6) is -5.18. The summed E-state index contributed by atoms with van der Waals surface area (Å²) in [4.78, 5) is 81.4. The molecule has 0 radical (unpaired) electrons. The first-order valence-electron chi connectivity index (χ1n) is 27.1. The number of nitrogens with zero attached hydrogens (tertiary/aromatic N) is 1. The van der Waals surface area contributed by atoms with Crippen molar-refractivity contribution in [1.82, 2.24) is 4.90 Å². The molecule has 3 spiro atoms. The second kappa shape index (κ2) is 17.2. The molecule has 0 aromatic rings. The minimum atomic E-state index is -1.04. The summed E-state index contributed by atoms with van der Waals surface area (Å²) < 4.78 is 58.0. The molecule has 15 fully saturated rings. The van der Waals surface area contributed by atoms with Crippen LogP contribution in [0.2, 0.25) is 0 Å². The van der Waals surface area contributed by atoms with Gasteiger partial charge in [-0.2, -0.15) is 0 Å².